The van der Waals surface area contributed by atoms with Crippen LogP contribution in [0.1, 0.15) is 15.9 Å². The molecule has 0 bridgehead atoms. The molecule has 0 saturated carbocycles. The van der Waals surface area contributed by atoms with Crippen LogP contribution in [0.2, 0.25) is 6.32 Å². The molecule has 0 aliphatic rings. The highest BCUT2D eigenvalue weighted by molar-refractivity contribution is 6.55. The van der Waals surface area contributed by atoms with Crippen LogP contribution in [0, 0.1) is 11.3 Å². The number of nitriles is 1. The summed E-state index contributed by atoms with van der Waals surface area (Å²) in [6, 6.07) is 8.83. The average Bonchev–Trinajstić information content (AvgIpc) is 2.75. The first kappa shape index (κ1) is 13.1. The lowest BCUT2D eigenvalue weighted by Crippen LogP contribution is -2.49. The van der Waals surface area contributed by atoms with Crippen LogP contribution in [0.15, 0.2) is 36.7 Å². The van der Waals surface area contributed by atoms with Crippen LogP contribution >= 0.6 is 0 Å². The number of nitrogens with zero attached hydrogens (tertiary/aromatic N) is 3. The lowest BCUT2D eigenvalue weighted by atomic mass is 9.70. The van der Waals surface area contributed by atoms with Gasteiger partial charge < -0.3 is 0 Å². The summed E-state index contributed by atoms with van der Waals surface area (Å²) in [5.74, 6) is 0.0123. The zero-order valence-corrected chi connectivity index (χ0v) is 11.0. The lowest BCUT2D eigenvalue weighted by molar-refractivity contribution is -0.653. The van der Waals surface area contributed by atoms with E-state index in [1.54, 1.807) is 24.3 Å². The van der Waals surface area contributed by atoms with Crippen molar-refractivity contribution < 1.29 is 9.36 Å². The van der Waals surface area contributed by atoms with Gasteiger partial charge in [0.25, 0.3) is 0 Å². The summed E-state index contributed by atoms with van der Waals surface area (Å²) >= 11 is 0. The number of benzene rings is 1. The molecule has 94 valence electrons. The molecule has 0 N–H and O–H groups in total. The molecule has 0 spiro atoms. The number of Topliss-reactive ketones (excluding diaryl/α,β-unsaturated/α-hetero) is 1. The van der Waals surface area contributed by atoms with Gasteiger partial charge in [0, 0.05) is 11.3 Å². The quantitative estimate of drug-likeness (QED) is 0.447. The van der Waals surface area contributed by atoms with Gasteiger partial charge in [-0.15, -0.1) is 0 Å². The Bertz CT molecular complexity index is 635. The second-order valence-electron chi connectivity index (χ2n) is 4.40. The van der Waals surface area contributed by atoms with Crippen LogP contribution in [0.5, 0.6) is 0 Å². The summed E-state index contributed by atoms with van der Waals surface area (Å²) in [4.78, 5) is 12.1. The summed E-state index contributed by atoms with van der Waals surface area (Å²) in [6.07, 6.45) is 4.19. The first-order valence-electron chi connectivity index (χ1n) is 5.99. The van der Waals surface area contributed by atoms with E-state index >= 15 is 0 Å². The molecule has 2 aromatic rings. The van der Waals surface area contributed by atoms with Gasteiger partial charge in [0.1, 0.15) is 18.2 Å². The smallest absolute Gasteiger partial charge is 0.125 e. The van der Waals surface area contributed by atoms with Crippen LogP contribution in [0.3, 0.4) is 0 Å². The SMILES string of the molecule is Cn1cc[n+](C)c1[B-]CC(=O)c1cccc(C#N)c1. The van der Waals surface area contributed by atoms with Gasteiger partial charge in [0.15, 0.2) is 0 Å². The maximum absolute atomic E-state index is 12.1. The lowest BCUT2D eigenvalue weighted by Gasteiger charge is -2.12. The number of aromatic nitrogens is 2. The topological polar surface area (TPSA) is 49.7 Å². The van der Waals surface area contributed by atoms with Crippen molar-refractivity contribution in [2.24, 2.45) is 14.1 Å². The molecule has 5 heteroatoms. The predicted octanol–water partition coefficient (Wildman–Crippen LogP) is 0.352. The number of ketones is 1. The molecule has 1 heterocycles. The zero-order chi connectivity index (χ0) is 13.8. The fourth-order valence-corrected chi connectivity index (χ4v) is 1.95. The second kappa shape index (κ2) is 5.53. The third kappa shape index (κ3) is 2.91. The molecule has 0 unspecified atom stereocenters. The van der Waals surface area contributed by atoms with Gasteiger partial charge in [-0.05, 0) is 12.1 Å². The van der Waals surface area contributed by atoms with Gasteiger partial charge in [-0.2, -0.15) is 18.9 Å². The highest BCUT2D eigenvalue weighted by Crippen LogP contribution is 2.06. The minimum Gasteiger partial charge on any atom is -0.298 e. The van der Waals surface area contributed by atoms with E-state index in [2.05, 4.69) is 0 Å². The number of hydrogen-bond donors (Lipinski definition) is 0. The molecular formula is C14H14BN3O. The van der Waals surface area contributed by atoms with E-state index in [4.69, 9.17) is 5.26 Å². The summed E-state index contributed by atoms with van der Waals surface area (Å²) < 4.78 is 3.91. The summed E-state index contributed by atoms with van der Waals surface area (Å²) in [5.41, 5.74) is 2.06. The molecule has 1 aromatic heterocycles. The van der Waals surface area contributed by atoms with Crippen LogP contribution < -0.4 is 10.3 Å². The number of aryl methyl sites for hydroxylation is 2. The normalized spacial score (nSPS) is 10.2. The predicted molar refractivity (Wildman–Crippen MR) is 72.3 cm³/mol. The Labute approximate surface area is 113 Å². The molecular weight excluding hydrogens is 237 g/mol. The summed E-state index contributed by atoms with van der Waals surface area (Å²) in [6.45, 7) is 0. The first-order chi connectivity index (χ1) is 9.11. The van der Waals surface area contributed by atoms with Crippen molar-refractivity contribution in [3.8, 4) is 6.07 Å². The van der Waals surface area contributed by atoms with Gasteiger partial charge >= 0.3 is 0 Å². The molecule has 2 radical (unpaired) electrons. The molecule has 4 nitrogen and oxygen atoms in total. The van der Waals surface area contributed by atoms with Crippen LogP contribution in [0.25, 0.3) is 0 Å². The third-order valence-electron chi connectivity index (χ3n) is 3.02. The zero-order valence-electron chi connectivity index (χ0n) is 11.0. The fourth-order valence-electron chi connectivity index (χ4n) is 1.95. The molecule has 0 aliphatic carbocycles. The van der Waals surface area contributed by atoms with E-state index in [0.717, 1.165) is 5.72 Å². The standard InChI is InChI=1S/C14H14BN3O/c1-17-6-7-18(2)14(17)15-9-13(19)12-5-3-4-11(8-12)10-16/h3-8H,9H2,1-2H3. The highest BCUT2D eigenvalue weighted by atomic mass is 16.1. The van der Waals surface area contributed by atoms with Crippen LogP contribution in [0.4, 0.5) is 0 Å². The van der Waals surface area contributed by atoms with Crippen molar-refractivity contribution in [2.75, 3.05) is 0 Å². The molecule has 19 heavy (non-hydrogen) atoms. The van der Waals surface area contributed by atoms with E-state index in [1.165, 1.54) is 0 Å². The Morgan fingerprint density at radius 1 is 1.53 bits per heavy atom. The Balaban J connectivity index is 2.08. The molecule has 0 amide bonds. The number of rotatable bonds is 4. The van der Waals surface area contributed by atoms with Crippen molar-refractivity contribution in [2.45, 2.75) is 6.32 Å². The summed E-state index contributed by atoms with van der Waals surface area (Å²) in [7, 11) is 5.76. The number of hydrogen-bond acceptors (Lipinski definition) is 2. The minimum absolute atomic E-state index is 0.0123. The Kier molecular flexibility index (Phi) is 3.81. The maximum Gasteiger partial charge on any atom is 0.125 e. The number of carbonyl (C=O) groups is 1. The Morgan fingerprint density at radius 2 is 2.32 bits per heavy atom. The van der Waals surface area contributed by atoms with Crippen LogP contribution in [-0.4, -0.2) is 17.6 Å². The van der Waals surface area contributed by atoms with Crippen molar-refractivity contribution in [3.63, 3.8) is 0 Å². The van der Waals surface area contributed by atoms with Crippen molar-refractivity contribution in [3.05, 3.63) is 47.8 Å². The summed E-state index contributed by atoms with van der Waals surface area (Å²) in [5, 5.41) is 8.82. The van der Waals surface area contributed by atoms with E-state index < -0.39 is 0 Å². The largest absolute Gasteiger partial charge is 0.298 e. The van der Waals surface area contributed by atoms with Gasteiger partial charge in [-0.3, -0.25) is 13.9 Å². The van der Waals surface area contributed by atoms with Crippen molar-refractivity contribution in [1.29, 1.82) is 5.26 Å². The van der Waals surface area contributed by atoms with E-state index in [1.807, 2.05) is 49.0 Å². The van der Waals surface area contributed by atoms with Gasteiger partial charge in [0.2, 0.25) is 0 Å². The third-order valence-corrected chi connectivity index (χ3v) is 3.02. The molecule has 0 aliphatic heterocycles. The Morgan fingerprint density at radius 3 is 2.95 bits per heavy atom. The molecule has 2 rings (SSSR count). The van der Waals surface area contributed by atoms with Crippen molar-refractivity contribution >= 4 is 18.8 Å². The number of carbonyl (C=O) groups excluding carboxylic acids is 1. The minimum atomic E-state index is 0.0123. The fraction of sp³-hybridized carbons (Fsp3) is 0.214. The van der Waals surface area contributed by atoms with Crippen molar-refractivity contribution in [1.82, 2.24) is 4.57 Å². The molecule has 0 atom stereocenters. The first-order valence-corrected chi connectivity index (χ1v) is 5.99. The number of imidazole rings is 1. The van der Waals surface area contributed by atoms with E-state index in [0.29, 0.717) is 17.4 Å². The maximum atomic E-state index is 12.1. The van der Waals surface area contributed by atoms with Gasteiger partial charge in [0.05, 0.1) is 25.7 Å². The average molecular weight is 251 g/mol. The monoisotopic (exact) mass is 251 g/mol. The van der Waals surface area contributed by atoms with Gasteiger partial charge in [-0.1, -0.05) is 12.1 Å². The Hall–Kier alpha value is -2.35. The van der Waals surface area contributed by atoms with E-state index in [-0.39, 0.29) is 5.78 Å². The highest BCUT2D eigenvalue weighted by Gasteiger charge is 2.04. The van der Waals surface area contributed by atoms with Gasteiger partial charge in [-0.25, -0.2) is 0 Å². The molecule has 0 saturated heterocycles. The second-order valence-corrected chi connectivity index (χ2v) is 4.40. The molecule has 0 fully saturated rings. The molecule has 1 aromatic carbocycles. The van der Waals surface area contributed by atoms with Crippen LogP contribution in [-0.2, 0) is 14.1 Å². The van der Waals surface area contributed by atoms with E-state index in [9.17, 15) is 4.79 Å².